The number of rotatable bonds is 5. The van der Waals surface area contributed by atoms with Crippen molar-refractivity contribution in [2.24, 2.45) is 5.73 Å². The molecule has 2 rings (SSSR count). The number of hydrogen-bond donors (Lipinski definition) is 1. The number of nitrogens with zero attached hydrogens (tertiary/aromatic N) is 2. The highest BCUT2D eigenvalue weighted by Crippen LogP contribution is 2.21. The molecule has 0 saturated heterocycles. The van der Waals surface area contributed by atoms with Gasteiger partial charge in [-0.1, -0.05) is 12.1 Å². The Morgan fingerprint density at radius 1 is 1.50 bits per heavy atom. The van der Waals surface area contributed by atoms with E-state index in [4.69, 9.17) is 15.0 Å². The quantitative estimate of drug-likeness (QED) is 0.820. The number of aromatic nitrogens is 2. The van der Waals surface area contributed by atoms with Crippen LogP contribution in [0.25, 0.3) is 0 Å². The van der Waals surface area contributed by atoms with E-state index in [-0.39, 0.29) is 12.1 Å². The van der Waals surface area contributed by atoms with Crippen molar-refractivity contribution in [2.75, 3.05) is 0 Å². The lowest BCUT2D eigenvalue weighted by Gasteiger charge is -2.14. The van der Waals surface area contributed by atoms with Crippen LogP contribution in [0.5, 0.6) is 0 Å². The zero-order valence-corrected chi connectivity index (χ0v) is 9.69. The molecule has 0 amide bonds. The number of ether oxygens (including phenoxy) is 1. The van der Waals surface area contributed by atoms with Crippen molar-refractivity contribution in [1.82, 2.24) is 10.1 Å². The first kappa shape index (κ1) is 11.5. The Hall–Kier alpha value is -0.940. The van der Waals surface area contributed by atoms with Crippen LogP contribution in [0, 0.1) is 0 Å². The minimum atomic E-state index is 0.154. The van der Waals surface area contributed by atoms with Gasteiger partial charge in [-0.2, -0.15) is 4.98 Å². The van der Waals surface area contributed by atoms with Crippen LogP contribution in [0.4, 0.5) is 0 Å². The molecule has 2 atom stereocenters. The average Bonchev–Trinajstić information content (AvgIpc) is 2.86. The van der Waals surface area contributed by atoms with Crippen molar-refractivity contribution in [3.05, 3.63) is 11.7 Å². The fourth-order valence-electron chi connectivity index (χ4n) is 2.01. The van der Waals surface area contributed by atoms with Crippen LogP contribution < -0.4 is 5.73 Å². The Morgan fingerprint density at radius 2 is 2.38 bits per heavy atom. The van der Waals surface area contributed by atoms with Crippen LogP contribution in [-0.2, 0) is 17.8 Å². The van der Waals surface area contributed by atoms with E-state index in [1.165, 1.54) is 0 Å². The molecular formula is C11H19N3O2. The second-order valence-corrected chi connectivity index (χ2v) is 4.30. The minimum Gasteiger partial charge on any atom is -0.367 e. The van der Waals surface area contributed by atoms with Crippen molar-refractivity contribution in [1.29, 1.82) is 0 Å². The van der Waals surface area contributed by atoms with Gasteiger partial charge in [-0.05, 0) is 25.7 Å². The first-order chi connectivity index (χ1) is 7.79. The summed E-state index contributed by atoms with van der Waals surface area (Å²) in [4.78, 5) is 4.24. The first-order valence-corrected chi connectivity index (χ1v) is 5.98. The van der Waals surface area contributed by atoms with E-state index in [1.807, 2.05) is 0 Å². The monoisotopic (exact) mass is 225 g/mol. The second-order valence-electron chi connectivity index (χ2n) is 4.30. The minimum absolute atomic E-state index is 0.154. The molecule has 2 unspecified atom stereocenters. The van der Waals surface area contributed by atoms with Crippen molar-refractivity contribution in [3.8, 4) is 0 Å². The maximum absolute atomic E-state index is 5.90. The van der Waals surface area contributed by atoms with Crippen LogP contribution in [-0.4, -0.2) is 22.3 Å². The summed E-state index contributed by atoms with van der Waals surface area (Å²) in [5.41, 5.74) is 5.90. The predicted molar refractivity (Wildman–Crippen MR) is 58.7 cm³/mol. The van der Waals surface area contributed by atoms with Crippen LogP contribution in [0.2, 0.25) is 0 Å². The molecule has 90 valence electrons. The molecule has 1 saturated carbocycles. The van der Waals surface area contributed by atoms with Gasteiger partial charge in [-0.3, -0.25) is 0 Å². The van der Waals surface area contributed by atoms with Crippen molar-refractivity contribution < 1.29 is 9.26 Å². The van der Waals surface area contributed by atoms with Gasteiger partial charge in [-0.25, -0.2) is 0 Å². The molecule has 0 radical (unpaired) electrons. The molecule has 1 aromatic rings. The molecule has 1 aliphatic carbocycles. The molecular weight excluding hydrogens is 206 g/mol. The maximum Gasteiger partial charge on any atom is 0.252 e. The fourth-order valence-corrected chi connectivity index (χ4v) is 2.01. The summed E-state index contributed by atoms with van der Waals surface area (Å²) in [6, 6.07) is 0.165. The molecule has 5 nitrogen and oxygen atoms in total. The molecule has 1 fully saturated rings. The average molecular weight is 225 g/mol. The molecule has 0 bridgehead atoms. The first-order valence-electron chi connectivity index (χ1n) is 5.98. The van der Waals surface area contributed by atoms with Gasteiger partial charge < -0.3 is 15.0 Å². The van der Waals surface area contributed by atoms with Crippen LogP contribution in [0.15, 0.2) is 4.52 Å². The summed E-state index contributed by atoms with van der Waals surface area (Å²) in [6.45, 7) is 2.47. The molecule has 0 aromatic carbocycles. The molecule has 0 aliphatic heterocycles. The van der Waals surface area contributed by atoms with E-state index in [9.17, 15) is 0 Å². The summed E-state index contributed by atoms with van der Waals surface area (Å²) >= 11 is 0. The number of aryl methyl sites for hydroxylation is 1. The van der Waals surface area contributed by atoms with Gasteiger partial charge >= 0.3 is 0 Å². The van der Waals surface area contributed by atoms with E-state index >= 15 is 0 Å². The largest absolute Gasteiger partial charge is 0.367 e. The molecule has 1 aliphatic rings. The van der Waals surface area contributed by atoms with Gasteiger partial charge in [0.15, 0.2) is 5.82 Å². The van der Waals surface area contributed by atoms with Gasteiger partial charge in [-0.15, -0.1) is 0 Å². The lowest BCUT2D eigenvalue weighted by Crippen LogP contribution is -2.31. The van der Waals surface area contributed by atoms with Crippen molar-refractivity contribution in [2.45, 2.75) is 57.8 Å². The SMILES string of the molecule is CCCc1noc(COC2CCCC2N)n1. The summed E-state index contributed by atoms with van der Waals surface area (Å²) in [7, 11) is 0. The summed E-state index contributed by atoms with van der Waals surface area (Å²) in [6.07, 6.45) is 5.27. The van der Waals surface area contributed by atoms with Crippen LogP contribution in [0.3, 0.4) is 0 Å². The highest BCUT2D eigenvalue weighted by molar-refractivity contribution is 4.86. The third kappa shape index (κ3) is 2.80. The van der Waals surface area contributed by atoms with Gasteiger partial charge in [0.2, 0.25) is 0 Å². The summed E-state index contributed by atoms with van der Waals surface area (Å²) in [5, 5.41) is 3.87. The van der Waals surface area contributed by atoms with Gasteiger partial charge in [0, 0.05) is 12.5 Å². The number of hydrogen-bond acceptors (Lipinski definition) is 5. The van der Waals surface area contributed by atoms with Gasteiger partial charge in [0.25, 0.3) is 5.89 Å². The topological polar surface area (TPSA) is 74.2 Å². The predicted octanol–water partition coefficient (Wildman–Crippen LogP) is 1.42. The van der Waals surface area contributed by atoms with Gasteiger partial charge in [0.05, 0.1) is 6.10 Å². The third-order valence-corrected chi connectivity index (χ3v) is 2.91. The molecule has 0 spiro atoms. The van der Waals surface area contributed by atoms with E-state index in [0.717, 1.165) is 37.9 Å². The van der Waals surface area contributed by atoms with Gasteiger partial charge in [0.1, 0.15) is 6.61 Å². The third-order valence-electron chi connectivity index (χ3n) is 2.91. The Balaban J connectivity index is 1.80. The zero-order chi connectivity index (χ0) is 11.4. The van der Waals surface area contributed by atoms with E-state index < -0.39 is 0 Å². The van der Waals surface area contributed by atoms with Crippen molar-refractivity contribution in [3.63, 3.8) is 0 Å². The Labute approximate surface area is 95.3 Å². The normalized spacial score (nSPS) is 25.1. The Kier molecular flexibility index (Phi) is 3.90. The molecule has 1 aromatic heterocycles. The Bertz CT molecular complexity index is 327. The van der Waals surface area contributed by atoms with Crippen LogP contribution in [0.1, 0.15) is 44.3 Å². The standard InChI is InChI=1S/C11H19N3O2/c1-2-4-10-13-11(16-14-10)7-15-9-6-3-5-8(9)12/h8-9H,2-7,12H2,1H3. The van der Waals surface area contributed by atoms with Crippen LogP contribution >= 0.6 is 0 Å². The molecule has 1 heterocycles. The smallest absolute Gasteiger partial charge is 0.252 e. The number of nitrogens with two attached hydrogens (primary N) is 1. The summed E-state index contributed by atoms with van der Waals surface area (Å²) < 4.78 is 10.8. The summed E-state index contributed by atoms with van der Waals surface area (Å²) in [5.74, 6) is 1.32. The fraction of sp³-hybridized carbons (Fsp3) is 0.818. The maximum atomic E-state index is 5.90. The van der Waals surface area contributed by atoms with E-state index in [2.05, 4.69) is 17.1 Å². The highest BCUT2D eigenvalue weighted by atomic mass is 16.5. The highest BCUT2D eigenvalue weighted by Gasteiger charge is 2.25. The lowest BCUT2D eigenvalue weighted by atomic mass is 10.2. The molecule has 2 N–H and O–H groups in total. The zero-order valence-electron chi connectivity index (χ0n) is 9.69. The molecule has 5 heteroatoms. The van der Waals surface area contributed by atoms with E-state index in [0.29, 0.717) is 12.5 Å². The Morgan fingerprint density at radius 3 is 3.06 bits per heavy atom. The van der Waals surface area contributed by atoms with Crippen molar-refractivity contribution >= 4 is 0 Å². The van der Waals surface area contributed by atoms with E-state index in [1.54, 1.807) is 0 Å². The lowest BCUT2D eigenvalue weighted by molar-refractivity contribution is 0.0216. The molecule has 16 heavy (non-hydrogen) atoms. The second kappa shape index (κ2) is 5.41.